The number of halogens is 1. The summed E-state index contributed by atoms with van der Waals surface area (Å²) in [6, 6.07) is 6.06. The Balaban J connectivity index is 0.000000674. The fraction of sp³-hybridized carbons (Fsp3) is 0.500. The van der Waals surface area contributed by atoms with Gasteiger partial charge in [0.2, 0.25) is 0 Å². The van der Waals surface area contributed by atoms with Crippen molar-refractivity contribution in [2.75, 3.05) is 41.3 Å². The number of fused-ring (bicyclic) bond motifs is 1. The third-order valence-corrected chi connectivity index (χ3v) is 5.08. The molecule has 0 amide bonds. The molecule has 0 bridgehead atoms. The predicted molar refractivity (Wildman–Crippen MR) is 117 cm³/mol. The third-order valence-electron chi connectivity index (χ3n) is 5.08. The largest absolute Gasteiger partial charge is 2.00 e. The van der Waals surface area contributed by atoms with Crippen LogP contribution in [-0.2, 0) is 11.3 Å². The molecule has 1 aromatic carbocycles. The summed E-state index contributed by atoms with van der Waals surface area (Å²) >= 11 is 0. The van der Waals surface area contributed by atoms with Gasteiger partial charge in [0, 0.05) is 6.61 Å². The second-order valence-electron chi connectivity index (χ2n) is 8.12. The van der Waals surface area contributed by atoms with E-state index in [1.165, 1.54) is 6.08 Å². The SMILES string of the molecule is CN(C)CCCC(O)c1ccc2c(c1)CO[C-]2C1C=CC(F)=CC1.[CH2-]CN(C)C.[U+2]. The molecule has 2 atom stereocenters. The average Bonchev–Trinajstić information content (AvgIpc) is 3.12. The molecule has 0 saturated carbocycles. The molecule has 164 valence electrons. The van der Waals surface area contributed by atoms with Crippen LogP contribution in [0.3, 0.4) is 0 Å². The average molecular weight is 641 g/mol. The molecule has 6 heteroatoms. The molecule has 0 radical (unpaired) electrons. The maximum Gasteiger partial charge on any atom is 2.00 e. The number of ether oxygens (including phenoxy) is 1. The van der Waals surface area contributed by atoms with Crippen molar-refractivity contribution < 1.29 is 45.3 Å². The molecule has 1 aliphatic carbocycles. The number of allylic oxidation sites excluding steroid dienone is 3. The van der Waals surface area contributed by atoms with Crippen molar-refractivity contribution in [2.24, 2.45) is 5.92 Å². The Morgan fingerprint density at radius 2 is 1.97 bits per heavy atom. The van der Waals surface area contributed by atoms with Crippen molar-refractivity contribution in [1.82, 2.24) is 9.80 Å². The van der Waals surface area contributed by atoms with Gasteiger partial charge in [-0.05, 0) is 83.7 Å². The van der Waals surface area contributed by atoms with Crippen molar-refractivity contribution in [3.8, 4) is 0 Å². The Hall–Kier alpha value is -0.608. The van der Waals surface area contributed by atoms with Crippen molar-refractivity contribution in [2.45, 2.75) is 32.0 Å². The molecule has 2 unspecified atom stereocenters. The van der Waals surface area contributed by atoms with Crippen molar-refractivity contribution in [3.05, 3.63) is 72.0 Å². The van der Waals surface area contributed by atoms with Crippen molar-refractivity contribution in [1.29, 1.82) is 0 Å². The molecule has 4 nitrogen and oxygen atoms in total. The predicted octanol–water partition coefficient (Wildman–Crippen LogP) is 4.28. The zero-order valence-corrected chi connectivity index (χ0v) is 22.9. The molecule has 1 N–H and O–H groups in total. The summed E-state index contributed by atoms with van der Waals surface area (Å²) in [6.07, 6.45) is 7.79. The first-order chi connectivity index (χ1) is 13.8. The smallest absolute Gasteiger partial charge is 0.417 e. The molecule has 30 heavy (non-hydrogen) atoms. The van der Waals surface area contributed by atoms with Crippen LogP contribution in [0.25, 0.3) is 0 Å². The monoisotopic (exact) mass is 640 g/mol. The first kappa shape index (κ1) is 27.4. The van der Waals surface area contributed by atoms with Gasteiger partial charge in [-0.25, -0.2) is 4.39 Å². The van der Waals surface area contributed by atoms with E-state index < -0.39 is 6.10 Å². The molecule has 1 aromatic rings. The number of rotatable bonds is 7. The van der Waals surface area contributed by atoms with Gasteiger partial charge < -0.3 is 26.6 Å². The second-order valence-corrected chi connectivity index (χ2v) is 8.12. The summed E-state index contributed by atoms with van der Waals surface area (Å²) < 4.78 is 19.0. The van der Waals surface area contributed by atoms with Crippen LogP contribution in [0.1, 0.15) is 42.1 Å². The van der Waals surface area contributed by atoms with Crippen LogP contribution in [-0.4, -0.2) is 56.2 Å². The number of hydrogen-bond acceptors (Lipinski definition) is 4. The van der Waals surface area contributed by atoms with E-state index in [2.05, 4.69) is 11.8 Å². The van der Waals surface area contributed by atoms with Crippen LogP contribution in [0, 0.1) is 50.1 Å². The summed E-state index contributed by atoms with van der Waals surface area (Å²) in [7, 11) is 8.06. The Labute approximate surface area is 205 Å². The van der Waals surface area contributed by atoms with Crippen LogP contribution in [0.5, 0.6) is 0 Å². The second kappa shape index (κ2) is 13.7. The molecule has 0 spiro atoms. The Kier molecular flexibility index (Phi) is 12.6. The number of hydrogen-bond donors (Lipinski definition) is 1. The minimum absolute atomic E-state index is 0. The summed E-state index contributed by atoms with van der Waals surface area (Å²) in [5.41, 5.74) is 3.14. The van der Waals surface area contributed by atoms with Gasteiger partial charge in [0.15, 0.2) is 0 Å². The van der Waals surface area contributed by atoms with Gasteiger partial charge in [-0.3, -0.25) is 0 Å². The fourth-order valence-corrected chi connectivity index (χ4v) is 3.28. The number of aliphatic hydroxyl groups excluding tert-OH is 1. The summed E-state index contributed by atoms with van der Waals surface area (Å²) in [5, 5.41) is 10.4. The van der Waals surface area contributed by atoms with E-state index in [1.54, 1.807) is 6.08 Å². The summed E-state index contributed by atoms with van der Waals surface area (Å²) in [4.78, 5) is 4.14. The molecule has 0 saturated heterocycles. The first-order valence-corrected chi connectivity index (χ1v) is 10.2. The third kappa shape index (κ3) is 8.49. The van der Waals surface area contributed by atoms with Crippen molar-refractivity contribution in [3.63, 3.8) is 0 Å². The van der Waals surface area contributed by atoms with Gasteiger partial charge in [0.05, 0.1) is 6.10 Å². The van der Waals surface area contributed by atoms with E-state index in [-0.39, 0.29) is 42.9 Å². The Bertz CT molecular complexity index is 706. The first-order valence-electron chi connectivity index (χ1n) is 10.2. The van der Waals surface area contributed by atoms with E-state index in [0.29, 0.717) is 13.0 Å². The van der Waals surface area contributed by atoms with Crippen LogP contribution in [0.2, 0.25) is 0 Å². The fourth-order valence-electron chi connectivity index (χ4n) is 3.28. The Morgan fingerprint density at radius 3 is 2.53 bits per heavy atom. The van der Waals surface area contributed by atoms with E-state index >= 15 is 0 Å². The molecule has 3 rings (SSSR count). The zero-order valence-electron chi connectivity index (χ0n) is 18.7. The van der Waals surface area contributed by atoms with E-state index in [4.69, 9.17) is 4.74 Å². The summed E-state index contributed by atoms with van der Waals surface area (Å²) in [6.45, 7) is 6.00. The van der Waals surface area contributed by atoms with Crippen LogP contribution < -0.4 is 0 Å². The van der Waals surface area contributed by atoms with E-state index in [1.807, 2.05) is 57.4 Å². The van der Waals surface area contributed by atoms with Gasteiger partial charge in [-0.2, -0.15) is 11.6 Å². The van der Waals surface area contributed by atoms with Crippen LogP contribution in [0.15, 0.2) is 42.3 Å². The van der Waals surface area contributed by atoms with E-state index in [9.17, 15) is 9.50 Å². The molecule has 0 fully saturated rings. The van der Waals surface area contributed by atoms with Gasteiger partial charge in [0.25, 0.3) is 0 Å². The number of benzene rings is 1. The molecule has 1 aliphatic heterocycles. The molecular formula is C24H35FN2O2U. The molecular weight excluding hydrogens is 605 g/mol. The molecule has 1 heterocycles. The Morgan fingerprint density at radius 1 is 1.27 bits per heavy atom. The summed E-state index contributed by atoms with van der Waals surface area (Å²) in [5.74, 6) is -0.0807. The maximum absolute atomic E-state index is 13.1. The minimum Gasteiger partial charge on any atom is -0.417 e. The van der Waals surface area contributed by atoms with E-state index in [0.717, 1.165) is 48.7 Å². The normalized spacial score (nSPS) is 18.5. The van der Waals surface area contributed by atoms with Crippen molar-refractivity contribution >= 4 is 0 Å². The number of aliphatic hydroxyl groups is 1. The van der Waals surface area contributed by atoms with Gasteiger partial charge in [-0.15, -0.1) is 24.2 Å². The minimum atomic E-state index is -0.439. The van der Waals surface area contributed by atoms with Gasteiger partial charge >= 0.3 is 31.1 Å². The standard InChI is InChI=1S/C20H25FNO2.C4H10N.U/c1-22(2)11-3-4-19(23)15-7-10-18-16(12-15)13-24-20(18)14-5-8-17(21)9-6-14;1-4-5(2)3;/h5,7-10,12,14,19,23H,3-4,6,11,13H2,1-2H3;1,4H2,2-3H3;/q2*-1;+2. The van der Waals surface area contributed by atoms with Gasteiger partial charge in [-0.1, -0.05) is 6.08 Å². The topological polar surface area (TPSA) is 35.9 Å². The van der Waals surface area contributed by atoms with Crippen LogP contribution in [0.4, 0.5) is 4.39 Å². The van der Waals surface area contributed by atoms with Gasteiger partial charge in [0.1, 0.15) is 5.83 Å². The quantitative estimate of drug-likeness (QED) is 0.452. The van der Waals surface area contributed by atoms with Crippen LogP contribution >= 0.6 is 0 Å². The molecule has 0 aromatic heterocycles. The molecule has 2 aliphatic rings. The maximum atomic E-state index is 13.1. The number of nitrogens with zero attached hydrogens (tertiary/aromatic N) is 2. The zero-order chi connectivity index (χ0) is 21.4.